The Bertz CT molecular complexity index is 410. The van der Waals surface area contributed by atoms with E-state index in [2.05, 4.69) is 19.1 Å². The van der Waals surface area contributed by atoms with Gasteiger partial charge in [-0.05, 0) is 32.1 Å². The Hall–Kier alpha value is -0.320. The number of allylic oxidation sites excluding steroid dienone is 2. The van der Waals surface area contributed by atoms with E-state index >= 15 is 0 Å². The molecule has 0 heterocycles. The molecule has 0 fully saturated rings. The number of hydrogen-bond donors (Lipinski definition) is 1. The number of carbonyl (C=O) groups excluding carboxylic acids is 1. The largest absolute Gasteiger partial charge is 1.00 e. The molecule has 0 aliphatic carbocycles. The van der Waals surface area contributed by atoms with E-state index < -0.39 is 17.9 Å². The molecule has 29 heavy (non-hydrogen) atoms. The van der Waals surface area contributed by atoms with E-state index in [0.29, 0.717) is 6.42 Å². The summed E-state index contributed by atoms with van der Waals surface area (Å²) in [6.45, 7) is 2.25. The second-order valence-corrected chi connectivity index (χ2v) is 8.04. The fourth-order valence-corrected chi connectivity index (χ4v) is 3.51. The third-order valence-electron chi connectivity index (χ3n) is 5.33. The summed E-state index contributed by atoms with van der Waals surface area (Å²) in [5.41, 5.74) is 0. The molecule has 0 bridgehead atoms. The molecule has 0 aliphatic heterocycles. The van der Waals surface area contributed by atoms with Crippen LogP contribution in [0.4, 0.5) is 0 Å². The Morgan fingerprint density at radius 1 is 0.759 bits per heavy atom. The van der Waals surface area contributed by atoms with Crippen LogP contribution in [0.1, 0.15) is 122 Å². The molecular weight excluding hydrogens is 375 g/mol. The summed E-state index contributed by atoms with van der Waals surface area (Å²) in [7, 11) is 0. The topological polar surface area (TPSA) is 77.4 Å². The van der Waals surface area contributed by atoms with Gasteiger partial charge in [0, 0.05) is 12.4 Å². The van der Waals surface area contributed by atoms with Gasteiger partial charge in [0.2, 0.25) is 0 Å². The molecule has 5 heteroatoms. The molecule has 0 rings (SSSR count). The first-order chi connectivity index (χ1) is 13.6. The summed E-state index contributed by atoms with van der Waals surface area (Å²) in [4.78, 5) is 21.5. The zero-order chi connectivity index (χ0) is 20.9. The summed E-state index contributed by atoms with van der Waals surface area (Å²) >= 11 is 0. The van der Waals surface area contributed by atoms with Crippen molar-refractivity contribution in [1.29, 1.82) is 0 Å². The van der Waals surface area contributed by atoms with Gasteiger partial charge in [-0.1, -0.05) is 96.1 Å². The quantitative estimate of drug-likeness (QED) is 0.177. The molecule has 0 spiro atoms. The maximum absolute atomic E-state index is 11.0. The van der Waals surface area contributed by atoms with Gasteiger partial charge < -0.3 is 15.0 Å². The van der Waals surface area contributed by atoms with E-state index in [1.54, 1.807) is 0 Å². The molecule has 1 unspecified atom stereocenters. The minimum Gasteiger partial charge on any atom is -0.550 e. The minimum absolute atomic E-state index is 0. The number of carboxylic acids is 2. The summed E-state index contributed by atoms with van der Waals surface area (Å²) < 4.78 is 0. The molecule has 4 nitrogen and oxygen atoms in total. The second kappa shape index (κ2) is 24.0. The maximum atomic E-state index is 11.0. The predicted molar refractivity (Wildman–Crippen MR) is 114 cm³/mol. The van der Waals surface area contributed by atoms with E-state index in [9.17, 15) is 14.7 Å². The molecule has 1 N–H and O–H groups in total. The summed E-state index contributed by atoms with van der Waals surface area (Å²) in [6, 6.07) is 0. The van der Waals surface area contributed by atoms with Gasteiger partial charge in [-0.15, -0.1) is 0 Å². The average Bonchev–Trinajstić information content (AvgIpc) is 2.65. The van der Waals surface area contributed by atoms with Gasteiger partial charge in [0.1, 0.15) is 0 Å². The molecule has 0 amide bonds. The maximum Gasteiger partial charge on any atom is 1.00 e. The molecule has 0 aromatic rings. The molecular formula is C24H43NaO4. The van der Waals surface area contributed by atoms with Crippen LogP contribution < -0.4 is 34.7 Å². The Labute approximate surface area is 201 Å². The van der Waals surface area contributed by atoms with Crippen LogP contribution in [0.25, 0.3) is 0 Å². The van der Waals surface area contributed by atoms with Crippen molar-refractivity contribution >= 4 is 11.9 Å². The van der Waals surface area contributed by atoms with Crippen LogP contribution in [0.5, 0.6) is 0 Å². The monoisotopic (exact) mass is 418 g/mol. The number of carbonyl (C=O) groups is 2. The van der Waals surface area contributed by atoms with Crippen LogP contribution in [-0.4, -0.2) is 17.0 Å². The van der Waals surface area contributed by atoms with E-state index in [4.69, 9.17) is 5.11 Å². The van der Waals surface area contributed by atoms with Gasteiger partial charge in [0.05, 0.1) is 5.92 Å². The van der Waals surface area contributed by atoms with Crippen LogP contribution in [0.15, 0.2) is 12.2 Å². The minimum atomic E-state index is -1.27. The number of rotatable bonds is 21. The van der Waals surface area contributed by atoms with Crippen LogP contribution in [0.3, 0.4) is 0 Å². The van der Waals surface area contributed by atoms with Crippen LogP contribution >= 0.6 is 0 Å². The van der Waals surface area contributed by atoms with Crippen LogP contribution in [-0.2, 0) is 9.59 Å². The van der Waals surface area contributed by atoms with Gasteiger partial charge in [0.15, 0.2) is 0 Å². The number of hydrogen-bond acceptors (Lipinski definition) is 3. The van der Waals surface area contributed by atoms with Crippen molar-refractivity contribution in [2.24, 2.45) is 5.92 Å². The van der Waals surface area contributed by atoms with E-state index in [0.717, 1.165) is 19.3 Å². The number of carboxylic acid groups (broad SMARTS) is 2. The average molecular weight is 419 g/mol. The fraction of sp³-hybridized carbons (Fsp3) is 0.833. The van der Waals surface area contributed by atoms with Gasteiger partial charge >= 0.3 is 35.5 Å². The Morgan fingerprint density at radius 3 is 1.59 bits per heavy atom. The molecule has 0 radical (unpaired) electrons. The fourth-order valence-electron chi connectivity index (χ4n) is 3.51. The van der Waals surface area contributed by atoms with E-state index in [1.165, 1.54) is 83.5 Å². The van der Waals surface area contributed by atoms with Crippen LogP contribution in [0, 0.1) is 5.92 Å². The van der Waals surface area contributed by atoms with Crippen molar-refractivity contribution in [3.8, 4) is 0 Å². The zero-order valence-corrected chi connectivity index (χ0v) is 21.1. The standard InChI is InChI=1S/C24H44O4.Na/c1-2-3-4-5-6-7-8-9-10-11-12-13-14-15-16-17-18-19-20-22(24(27)28)21-23(25)26;/h7-8,22H,2-6,9-21H2,1H3,(H,25,26)(H,27,28);/q;+1/p-1/b8-7+;. The number of aliphatic carboxylic acids is 2. The molecule has 0 aliphatic rings. The van der Waals surface area contributed by atoms with Crippen LogP contribution in [0.2, 0.25) is 0 Å². The first kappa shape index (κ1) is 30.9. The molecule has 0 aromatic heterocycles. The van der Waals surface area contributed by atoms with Crippen molar-refractivity contribution in [3.05, 3.63) is 12.2 Å². The third-order valence-corrected chi connectivity index (χ3v) is 5.33. The van der Waals surface area contributed by atoms with E-state index in [-0.39, 0.29) is 36.0 Å². The Kier molecular flexibility index (Phi) is 25.5. The second-order valence-electron chi connectivity index (χ2n) is 8.04. The number of unbranched alkanes of at least 4 members (excludes halogenated alkanes) is 14. The van der Waals surface area contributed by atoms with Crippen molar-refractivity contribution in [2.45, 2.75) is 122 Å². The van der Waals surface area contributed by atoms with Gasteiger partial charge in [-0.3, -0.25) is 4.79 Å². The Morgan fingerprint density at radius 2 is 1.17 bits per heavy atom. The summed E-state index contributed by atoms with van der Waals surface area (Å²) in [5, 5.41) is 19.5. The van der Waals surface area contributed by atoms with Crippen molar-refractivity contribution in [3.63, 3.8) is 0 Å². The zero-order valence-electron chi connectivity index (χ0n) is 19.1. The first-order valence-electron chi connectivity index (χ1n) is 11.7. The molecule has 0 aromatic carbocycles. The Balaban J connectivity index is 0. The summed E-state index contributed by atoms with van der Waals surface area (Å²) in [5.74, 6) is -3.08. The van der Waals surface area contributed by atoms with Gasteiger partial charge in [0.25, 0.3) is 0 Å². The smallest absolute Gasteiger partial charge is 0.550 e. The molecule has 0 saturated carbocycles. The molecule has 164 valence electrons. The van der Waals surface area contributed by atoms with Gasteiger partial charge in [-0.2, -0.15) is 0 Å². The van der Waals surface area contributed by atoms with Crippen molar-refractivity contribution < 1.29 is 49.4 Å². The third kappa shape index (κ3) is 23.8. The summed E-state index contributed by atoms with van der Waals surface area (Å²) in [6.07, 6.45) is 24.5. The first-order valence-corrected chi connectivity index (χ1v) is 11.7. The molecule has 0 saturated heterocycles. The van der Waals surface area contributed by atoms with E-state index in [1.807, 2.05) is 0 Å². The van der Waals surface area contributed by atoms with Gasteiger partial charge in [-0.25, -0.2) is 0 Å². The normalized spacial score (nSPS) is 12.0. The SMILES string of the molecule is CCCCCC/C=C/CCCCCCCCCCCCC(CC(=O)[O-])C(=O)O.[Na+]. The predicted octanol–water partition coefficient (Wildman–Crippen LogP) is 3.04. The molecule has 1 atom stereocenters. The van der Waals surface area contributed by atoms with Crippen molar-refractivity contribution in [1.82, 2.24) is 0 Å². The van der Waals surface area contributed by atoms with Crippen molar-refractivity contribution in [2.75, 3.05) is 0 Å².